The number of fused-ring (bicyclic) bond motifs is 12. The molecule has 0 aliphatic heterocycles. The summed E-state index contributed by atoms with van der Waals surface area (Å²) in [4.78, 5) is 10.3. The lowest BCUT2D eigenvalue weighted by atomic mass is 9.95. The molecule has 52 heavy (non-hydrogen) atoms. The normalized spacial score (nSPS) is 13.5. The number of hydrogen-bond donors (Lipinski definition) is 0. The molecule has 3 nitrogen and oxygen atoms in total. The Balaban J connectivity index is 1.18. The molecule has 0 amide bonds. The van der Waals surface area contributed by atoms with Crippen LogP contribution in [0, 0.1) is 0 Å². The molecule has 0 unspecified atom stereocenters. The highest BCUT2D eigenvalue weighted by atomic mass is 32.1. The number of nitrogens with zero attached hydrogens (tertiary/aromatic N) is 3. The molecule has 0 bridgehead atoms. The van der Waals surface area contributed by atoms with Gasteiger partial charge in [-0.25, -0.2) is 9.97 Å². The van der Waals surface area contributed by atoms with Gasteiger partial charge in [-0.1, -0.05) is 133 Å². The van der Waals surface area contributed by atoms with Crippen molar-refractivity contribution in [3.63, 3.8) is 0 Å². The van der Waals surface area contributed by atoms with Crippen LogP contribution < -0.4 is 0 Å². The first-order valence-electron chi connectivity index (χ1n) is 17.9. The molecule has 10 aromatic rings. The second-order valence-electron chi connectivity index (χ2n) is 13.6. The van der Waals surface area contributed by atoms with Gasteiger partial charge >= 0.3 is 0 Å². The third-order valence-corrected chi connectivity index (χ3v) is 11.8. The summed E-state index contributed by atoms with van der Waals surface area (Å²) in [7, 11) is 0. The zero-order chi connectivity index (χ0) is 34.2. The maximum Gasteiger partial charge on any atom is 0.156 e. The van der Waals surface area contributed by atoms with Crippen LogP contribution in [-0.2, 0) is 0 Å². The average Bonchev–Trinajstić information content (AvgIpc) is 3.78. The maximum atomic E-state index is 5.16. The first-order valence-corrected chi connectivity index (χ1v) is 18.7. The Kier molecular flexibility index (Phi) is 6.55. The minimum Gasteiger partial charge on any atom is -0.312 e. The van der Waals surface area contributed by atoms with Crippen molar-refractivity contribution in [2.24, 2.45) is 0 Å². The smallest absolute Gasteiger partial charge is 0.156 e. The van der Waals surface area contributed by atoms with Crippen LogP contribution >= 0.6 is 11.3 Å². The lowest BCUT2D eigenvalue weighted by molar-refractivity contribution is 0.970. The first kappa shape index (κ1) is 29.4. The fourth-order valence-corrected chi connectivity index (χ4v) is 9.49. The summed E-state index contributed by atoms with van der Waals surface area (Å²) in [6.45, 7) is 0. The number of thiophene rings is 1. The average molecular weight is 682 g/mol. The van der Waals surface area contributed by atoms with Crippen LogP contribution in [0.15, 0.2) is 164 Å². The number of rotatable bonds is 4. The van der Waals surface area contributed by atoms with E-state index in [1.54, 1.807) is 0 Å². The van der Waals surface area contributed by atoms with Crippen molar-refractivity contribution in [1.29, 1.82) is 0 Å². The standard InChI is InChI=1S/C48H31N3S/c1-3-13-30(14-4-1)39-29-40(31-15-5-2-6-16-31)50-48(49-39)32-23-25-33(26-24-32)51-41-27-28-43-44(38-21-11-12-22-42(38)52-43)46(41)45-36-19-9-7-17-34(36)35-18-8-10-20-37(35)47(45)51/h1-23,25,27-29H,24,26H2. The Hall–Kier alpha value is -6.36. The minimum absolute atomic E-state index is 0.792. The van der Waals surface area contributed by atoms with Gasteiger partial charge in [0.15, 0.2) is 5.82 Å². The number of hydrogen-bond acceptors (Lipinski definition) is 3. The largest absolute Gasteiger partial charge is 0.312 e. The second-order valence-corrected chi connectivity index (χ2v) is 14.7. The van der Waals surface area contributed by atoms with Crippen LogP contribution in [0.2, 0.25) is 0 Å². The Morgan fingerprint density at radius 3 is 1.73 bits per heavy atom. The van der Waals surface area contributed by atoms with E-state index in [4.69, 9.17) is 9.97 Å². The van der Waals surface area contributed by atoms with Crippen molar-refractivity contribution in [3.8, 4) is 22.5 Å². The summed E-state index contributed by atoms with van der Waals surface area (Å²) in [6.07, 6.45) is 6.29. The summed E-state index contributed by atoms with van der Waals surface area (Å²) >= 11 is 1.89. The van der Waals surface area contributed by atoms with Gasteiger partial charge in [0.1, 0.15) is 0 Å². The van der Waals surface area contributed by atoms with Gasteiger partial charge < -0.3 is 4.57 Å². The third kappa shape index (κ3) is 4.44. The van der Waals surface area contributed by atoms with Crippen LogP contribution in [0.5, 0.6) is 0 Å². The lowest BCUT2D eigenvalue weighted by Crippen LogP contribution is -2.05. The molecular weight excluding hydrogens is 651 g/mol. The molecule has 244 valence electrons. The fourth-order valence-electron chi connectivity index (χ4n) is 8.38. The van der Waals surface area contributed by atoms with E-state index >= 15 is 0 Å². The van der Waals surface area contributed by atoms with Crippen LogP contribution in [0.1, 0.15) is 18.7 Å². The predicted octanol–water partition coefficient (Wildman–Crippen LogP) is 13.3. The molecular formula is C48H31N3S. The summed E-state index contributed by atoms with van der Waals surface area (Å²) in [5, 5.41) is 10.5. The Labute approximate surface area is 304 Å². The van der Waals surface area contributed by atoms with Crippen LogP contribution in [0.4, 0.5) is 0 Å². The molecule has 7 aromatic carbocycles. The number of allylic oxidation sites excluding steroid dienone is 4. The summed E-state index contributed by atoms with van der Waals surface area (Å²) in [6, 6.07) is 54.4. The molecule has 0 fully saturated rings. The lowest BCUT2D eigenvalue weighted by Gasteiger charge is -2.19. The Bertz CT molecular complexity index is 3050. The molecule has 0 atom stereocenters. The van der Waals surface area contributed by atoms with Crippen molar-refractivity contribution in [2.75, 3.05) is 0 Å². The number of benzene rings is 7. The molecule has 3 heterocycles. The predicted molar refractivity (Wildman–Crippen MR) is 222 cm³/mol. The molecule has 11 rings (SSSR count). The van der Waals surface area contributed by atoms with Gasteiger partial charge in [0, 0.05) is 53.2 Å². The summed E-state index contributed by atoms with van der Waals surface area (Å²) in [5.74, 6) is 0.792. The van der Waals surface area contributed by atoms with Crippen molar-refractivity contribution in [1.82, 2.24) is 14.5 Å². The zero-order valence-electron chi connectivity index (χ0n) is 28.3. The van der Waals surface area contributed by atoms with E-state index in [1.165, 1.54) is 69.2 Å². The van der Waals surface area contributed by atoms with Crippen molar-refractivity contribution in [3.05, 3.63) is 170 Å². The Morgan fingerprint density at radius 2 is 1.06 bits per heavy atom. The van der Waals surface area contributed by atoms with Crippen molar-refractivity contribution < 1.29 is 0 Å². The molecule has 0 saturated carbocycles. The SMILES string of the molecule is C1=C(c2nc(-c3ccccc3)cc(-c3ccccc3)n2)CCC(n2c3ccc4sc5ccccc5c4c3c3c4ccccc4c4ccccc4c32)=C1. The van der Waals surface area contributed by atoms with Gasteiger partial charge in [-0.15, -0.1) is 11.3 Å². The van der Waals surface area contributed by atoms with Gasteiger partial charge in [-0.2, -0.15) is 0 Å². The molecule has 4 heteroatoms. The summed E-state index contributed by atoms with van der Waals surface area (Å²) < 4.78 is 5.22. The van der Waals surface area contributed by atoms with E-state index in [0.717, 1.165) is 46.8 Å². The Morgan fingerprint density at radius 1 is 0.462 bits per heavy atom. The number of aromatic nitrogens is 3. The van der Waals surface area contributed by atoms with Gasteiger partial charge in [-0.05, 0) is 64.9 Å². The van der Waals surface area contributed by atoms with Gasteiger partial charge in [-0.3, -0.25) is 0 Å². The minimum atomic E-state index is 0.792. The van der Waals surface area contributed by atoms with Crippen molar-refractivity contribution in [2.45, 2.75) is 12.8 Å². The van der Waals surface area contributed by atoms with E-state index < -0.39 is 0 Å². The van der Waals surface area contributed by atoms with Gasteiger partial charge in [0.05, 0.1) is 22.4 Å². The maximum absolute atomic E-state index is 5.16. The van der Waals surface area contributed by atoms with E-state index in [-0.39, 0.29) is 0 Å². The highest BCUT2D eigenvalue weighted by Gasteiger charge is 2.24. The van der Waals surface area contributed by atoms with Crippen LogP contribution in [-0.4, -0.2) is 14.5 Å². The van der Waals surface area contributed by atoms with E-state index in [9.17, 15) is 0 Å². The quantitative estimate of drug-likeness (QED) is 0.173. The van der Waals surface area contributed by atoms with E-state index in [0.29, 0.717) is 0 Å². The topological polar surface area (TPSA) is 30.7 Å². The molecule has 0 N–H and O–H groups in total. The van der Waals surface area contributed by atoms with Crippen LogP contribution in [0.25, 0.3) is 97.3 Å². The molecule has 3 aromatic heterocycles. The monoisotopic (exact) mass is 681 g/mol. The third-order valence-electron chi connectivity index (χ3n) is 10.7. The fraction of sp³-hybridized carbons (Fsp3) is 0.0417. The van der Waals surface area contributed by atoms with Gasteiger partial charge in [0.25, 0.3) is 0 Å². The highest BCUT2D eigenvalue weighted by molar-refractivity contribution is 7.26. The molecule has 1 aliphatic rings. The molecule has 0 saturated heterocycles. The van der Waals surface area contributed by atoms with Crippen LogP contribution in [0.3, 0.4) is 0 Å². The highest BCUT2D eigenvalue weighted by Crippen LogP contribution is 2.48. The zero-order valence-corrected chi connectivity index (χ0v) is 29.1. The van der Waals surface area contributed by atoms with E-state index in [2.05, 4.69) is 156 Å². The first-order chi connectivity index (χ1) is 25.8. The second kappa shape index (κ2) is 11.6. The summed E-state index contributed by atoms with van der Waals surface area (Å²) in [5.41, 5.74) is 9.03. The van der Waals surface area contributed by atoms with Gasteiger partial charge in [0.2, 0.25) is 0 Å². The molecule has 0 radical (unpaired) electrons. The van der Waals surface area contributed by atoms with E-state index in [1.807, 2.05) is 23.5 Å². The molecule has 0 spiro atoms. The van der Waals surface area contributed by atoms with Crippen molar-refractivity contribution >= 4 is 86.1 Å². The molecule has 1 aliphatic carbocycles.